The molecule has 1 saturated heterocycles. The molecule has 2 aromatic carbocycles. The molecule has 1 aliphatic rings. The van der Waals surface area contributed by atoms with E-state index in [0.717, 1.165) is 0 Å². The molecule has 4 heterocycles. The second-order valence-corrected chi connectivity index (χ2v) is 11.2. The molecule has 1 atom stereocenters. The second-order valence-electron chi connectivity index (χ2n) is 11.2. The van der Waals surface area contributed by atoms with Crippen LogP contribution in [0.1, 0.15) is 64.0 Å². The van der Waals surface area contributed by atoms with E-state index in [1.807, 2.05) is 59.7 Å². The number of aromatic nitrogens is 4. The number of anilines is 1. The quantitative estimate of drug-likeness (QED) is 0.300. The van der Waals surface area contributed by atoms with Gasteiger partial charge in [0.25, 0.3) is 0 Å². The maximum absolute atomic E-state index is 15.3. The number of hydrogen-bond donors (Lipinski definition) is 1. The van der Waals surface area contributed by atoms with Crippen LogP contribution in [0.15, 0.2) is 58.0 Å². The number of nitrogen functional groups attached to an aromatic ring is 1. The summed E-state index contributed by atoms with van der Waals surface area (Å²) in [5.74, 6) is 0.131. The first-order chi connectivity index (χ1) is 18.9. The number of halogens is 1. The number of fused-ring (bicyclic) bond motifs is 2. The molecule has 10 heteroatoms. The van der Waals surface area contributed by atoms with Crippen LogP contribution >= 0.6 is 0 Å². The van der Waals surface area contributed by atoms with E-state index in [1.165, 1.54) is 18.5 Å². The molecule has 0 aliphatic carbocycles. The smallest absolute Gasteiger partial charge is 0.343 e. The Labute approximate surface area is 229 Å². The Morgan fingerprint density at radius 1 is 1.02 bits per heavy atom. The standard InChI is InChI=1S/C30H30FN5O4/c1-15-22-25(32)33-14-34-26(22)36(35-15)16(2)24-23(20-9-7-8-10-21(20)27(37)38-24)17-11-18(13-19(31)12-17)28-39-29(3,4)30(5,6)40-28/h7-14,16,28H,1-6H3,(H2,32,33,34). The fourth-order valence-corrected chi connectivity index (χ4v) is 5.23. The highest BCUT2D eigenvalue weighted by Crippen LogP contribution is 2.46. The van der Waals surface area contributed by atoms with E-state index in [4.69, 9.17) is 19.6 Å². The molecule has 0 spiro atoms. The van der Waals surface area contributed by atoms with Gasteiger partial charge in [-0.05, 0) is 71.4 Å². The minimum atomic E-state index is -0.778. The van der Waals surface area contributed by atoms with Crippen LogP contribution < -0.4 is 11.4 Å². The largest absolute Gasteiger partial charge is 0.424 e. The maximum Gasteiger partial charge on any atom is 0.343 e. The number of hydrogen-bond acceptors (Lipinski definition) is 8. The van der Waals surface area contributed by atoms with Gasteiger partial charge in [0.05, 0.1) is 27.7 Å². The Morgan fingerprint density at radius 2 is 1.70 bits per heavy atom. The van der Waals surface area contributed by atoms with Gasteiger partial charge in [-0.15, -0.1) is 0 Å². The summed E-state index contributed by atoms with van der Waals surface area (Å²) in [5, 5.41) is 6.27. The molecule has 2 N–H and O–H groups in total. The molecule has 1 aliphatic heterocycles. The van der Waals surface area contributed by atoms with Gasteiger partial charge in [0.1, 0.15) is 29.8 Å². The van der Waals surface area contributed by atoms with Crippen molar-refractivity contribution in [2.75, 3.05) is 5.73 Å². The summed E-state index contributed by atoms with van der Waals surface area (Å²) in [6, 6.07) is 11.1. The van der Waals surface area contributed by atoms with Crippen LogP contribution in [0.5, 0.6) is 0 Å². The lowest BCUT2D eigenvalue weighted by Gasteiger charge is -2.30. The van der Waals surface area contributed by atoms with E-state index in [2.05, 4.69) is 15.1 Å². The van der Waals surface area contributed by atoms with Crippen molar-refractivity contribution in [3.05, 3.63) is 82.0 Å². The third-order valence-corrected chi connectivity index (χ3v) is 8.04. The van der Waals surface area contributed by atoms with Crippen molar-refractivity contribution in [3.8, 4) is 11.1 Å². The van der Waals surface area contributed by atoms with Crippen molar-refractivity contribution in [1.29, 1.82) is 0 Å². The lowest BCUT2D eigenvalue weighted by molar-refractivity contribution is -0.0896. The molecular formula is C30H30FN5O4. The molecule has 0 radical (unpaired) electrons. The van der Waals surface area contributed by atoms with Gasteiger partial charge in [-0.2, -0.15) is 5.10 Å². The minimum Gasteiger partial charge on any atom is -0.424 e. The highest BCUT2D eigenvalue weighted by molar-refractivity contribution is 5.97. The van der Waals surface area contributed by atoms with Gasteiger partial charge in [0.15, 0.2) is 11.9 Å². The summed E-state index contributed by atoms with van der Waals surface area (Å²) in [7, 11) is 0. The zero-order chi connectivity index (χ0) is 28.6. The molecule has 1 fully saturated rings. The highest BCUT2D eigenvalue weighted by Gasteiger charge is 2.49. The predicted octanol–water partition coefficient (Wildman–Crippen LogP) is 5.84. The van der Waals surface area contributed by atoms with Crippen LogP contribution in [0.4, 0.5) is 10.2 Å². The van der Waals surface area contributed by atoms with Crippen LogP contribution in [0.2, 0.25) is 0 Å². The summed E-state index contributed by atoms with van der Waals surface area (Å²) in [5.41, 5.74) is 7.13. The van der Waals surface area contributed by atoms with Crippen LogP contribution in [0, 0.1) is 12.7 Å². The van der Waals surface area contributed by atoms with Gasteiger partial charge >= 0.3 is 5.63 Å². The van der Waals surface area contributed by atoms with Crippen molar-refractivity contribution in [2.24, 2.45) is 0 Å². The van der Waals surface area contributed by atoms with Gasteiger partial charge in [-0.1, -0.05) is 18.2 Å². The first kappa shape index (κ1) is 26.1. The van der Waals surface area contributed by atoms with E-state index < -0.39 is 35.0 Å². The average molecular weight is 544 g/mol. The van der Waals surface area contributed by atoms with Crippen LogP contribution in [0.25, 0.3) is 32.9 Å². The van der Waals surface area contributed by atoms with Gasteiger partial charge in [-0.25, -0.2) is 23.8 Å². The SMILES string of the molecule is Cc1nn(C(C)c2oc(=O)c3ccccc3c2-c2cc(F)cc(C3OC(C)(C)C(C)(C)O3)c2)c2ncnc(N)c12. The first-order valence-electron chi connectivity index (χ1n) is 13.1. The lowest BCUT2D eigenvalue weighted by Crippen LogP contribution is -2.41. The molecule has 0 saturated carbocycles. The minimum absolute atomic E-state index is 0.302. The first-order valence-corrected chi connectivity index (χ1v) is 13.1. The van der Waals surface area contributed by atoms with Crippen LogP contribution in [0.3, 0.4) is 0 Å². The maximum atomic E-state index is 15.3. The molecule has 0 amide bonds. The van der Waals surface area contributed by atoms with E-state index in [9.17, 15) is 4.79 Å². The molecule has 40 heavy (non-hydrogen) atoms. The van der Waals surface area contributed by atoms with Crippen molar-refractivity contribution < 1.29 is 18.3 Å². The molecule has 5 aromatic rings. The highest BCUT2D eigenvalue weighted by atomic mass is 19.1. The second kappa shape index (κ2) is 8.94. The molecule has 3 aromatic heterocycles. The number of ether oxygens (including phenoxy) is 2. The Balaban J connectivity index is 1.59. The van der Waals surface area contributed by atoms with Crippen molar-refractivity contribution >= 4 is 27.6 Å². The summed E-state index contributed by atoms with van der Waals surface area (Å²) < 4.78 is 35.3. The number of nitrogens with two attached hydrogens (primary N) is 1. The third-order valence-electron chi connectivity index (χ3n) is 8.04. The molecule has 206 valence electrons. The molecular weight excluding hydrogens is 513 g/mol. The topological polar surface area (TPSA) is 118 Å². The van der Waals surface area contributed by atoms with Crippen LogP contribution in [-0.4, -0.2) is 31.0 Å². The summed E-state index contributed by atoms with van der Waals surface area (Å²) in [6.45, 7) is 11.4. The Morgan fingerprint density at radius 3 is 2.40 bits per heavy atom. The average Bonchev–Trinajstić information content (AvgIpc) is 3.35. The van der Waals surface area contributed by atoms with E-state index in [1.54, 1.807) is 16.8 Å². The monoisotopic (exact) mass is 543 g/mol. The van der Waals surface area contributed by atoms with Crippen molar-refractivity contribution in [3.63, 3.8) is 0 Å². The summed E-state index contributed by atoms with van der Waals surface area (Å²) >= 11 is 0. The third kappa shape index (κ3) is 3.98. The number of aryl methyl sites for hydroxylation is 1. The Bertz CT molecular complexity index is 1840. The van der Waals surface area contributed by atoms with E-state index in [0.29, 0.717) is 55.8 Å². The molecule has 6 rings (SSSR count). The van der Waals surface area contributed by atoms with Gasteiger partial charge in [0.2, 0.25) is 0 Å². The Kier molecular flexibility index (Phi) is 5.83. The van der Waals surface area contributed by atoms with Gasteiger partial charge < -0.3 is 19.6 Å². The van der Waals surface area contributed by atoms with Crippen molar-refractivity contribution in [1.82, 2.24) is 19.7 Å². The number of benzene rings is 2. The lowest BCUT2D eigenvalue weighted by atomic mass is 9.90. The Hall–Kier alpha value is -4.15. The van der Waals surface area contributed by atoms with Crippen molar-refractivity contribution in [2.45, 2.75) is 65.1 Å². The zero-order valence-electron chi connectivity index (χ0n) is 23.2. The van der Waals surface area contributed by atoms with Crippen LogP contribution in [-0.2, 0) is 9.47 Å². The molecule has 1 unspecified atom stereocenters. The van der Waals surface area contributed by atoms with Gasteiger partial charge in [0, 0.05) is 16.5 Å². The molecule has 0 bridgehead atoms. The van der Waals surface area contributed by atoms with E-state index in [-0.39, 0.29) is 0 Å². The molecule has 9 nitrogen and oxygen atoms in total. The zero-order valence-corrected chi connectivity index (χ0v) is 23.2. The fourth-order valence-electron chi connectivity index (χ4n) is 5.23. The number of rotatable bonds is 4. The van der Waals surface area contributed by atoms with Gasteiger partial charge in [-0.3, -0.25) is 0 Å². The predicted molar refractivity (Wildman–Crippen MR) is 149 cm³/mol. The fraction of sp³-hybridized carbons (Fsp3) is 0.333. The number of nitrogens with zero attached hydrogens (tertiary/aromatic N) is 4. The summed E-state index contributed by atoms with van der Waals surface area (Å²) in [6.07, 6.45) is 0.586. The normalized spacial score (nSPS) is 17.6. The van der Waals surface area contributed by atoms with E-state index >= 15 is 4.39 Å². The summed E-state index contributed by atoms with van der Waals surface area (Å²) in [4.78, 5) is 21.7.